The monoisotopic (exact) mass is 328 g/mol. The van der Waals surface area contributed by atoms with Crippen molar-refractivity contribution in [3.8, 4) is 5.75 Å². The molecule has 0 saturated heterocycles. The summed E-state index contributed by atoms with van der Waals surface area (Å²) in [6.07, 6.45) is 1.00. The van der Waals surface area contributed by atoms with E-state index < -0.39 is 10.1 Å². The molecule has 0 aliphatic heterocycles. The third kappa shape index (κ3) is 6.80. The first-order valence-electron chi connectivity index (χ1n) is 7.22. The predicted molar refractivity (Wildman–Crippen MR) is 86.2 cm³/mol. The van der Waals surface area contributed by atoms with Crippen LogP contribution in [0.5, 0.6) is 5.75 Å². The Kier molecular flexibility index (Phi) is 6.67. The SMILES string of the molecule is CCNC(=O)N(Cc1ccc(OS(C)(=O)=O)cc1)CC(C)C. The van der Waals surface area contributed by atoms with Crippen LogP contribution in [-0.4, -0.2) is 38.7 Å². The fraction of sp³-hybridized carbons (Fsp3) is 0.533. The van der Waals surface area contributed by atoms with Gasteiger partial charge in [-0.1, -0.05) is 26.0 Å². The molecule has 0 spiro atoms. The van der Waals surface area contributed by atoms with Gasteiger partial charge >= 0.3 is 16.1 Å². The first-order chi connectivity index (χ1) is 10.2. The molecule has 22 heavy (non-hydrogen) atoms. The maximum atomic E-state index is 12.0. The number of hydrogen-bond donors (Lipinski definition) is 1. The van der Waals surface area contributed by atoms with Crippen molar-refractivity contribution in [2.45, 2.75) is 27.3 Å². The smallest absolute Gasteiger partial charge is 0.317 e. The highest BCUT2D eigenvalue weighted by Gasteiger charge is 2.14. The zero-order valence-electron chi connectivity index (χ0n) is 13.5. The molecule has 2 amide bonds. The van der Waals surface area contributed by atoms with Gasteiger partial charge in [-0.25, -0.2) is 4.79 Å². The molecule has 0 radical (unpaired) electrons. The zero-order chi connectivity index (χ0) is 16.8. The van der Waals surface area contributed by atoms with Gasteiger partial charge in [-0.3, -0.25) is 0 Å². The topological polar surface area (TPSA) is 75.7 Å². The van der Waals surface area contributed by atoms with Crippen molar-refractivity contribution in [3.63, 3.8) is 0 Å². The van der Waals surface area contributed by atoms with Crippen molar-refractivity contribution in [2.24, 2.45) is 5.92 Å². The fourth-order valence-electron chi connectivity index (χ4n) is 1.97. The van der Waals surface area contributed by atoms with Crippen LogP contribution in [0.25, 0.3) is 0 Å². The summed E-state index contributed by atoms with van der Waals surface area (Å²) in [5.74, 6) is 0.620. The predicted octanol–water partition coefficient (Wildman–Crippen LogP) is 2.21. The van der Waals surface area contributed by atoms with Gasteiger partial charge in [-0.15, -0.1) is 0 Å². The van der Waals surface area contributed by atoms with Crippen LogP contribution in [0.2, 0.25) is 0 Å². The highest BCUT2D eigenvalue weighted by Crippen LogP contribution is 2.16. The van der Waals surface area contributed by atoms with Crippen molar-refractivity contribution < 1.29 is 17.4 Å². The lowest BCUT2D eigenvalue weighted by atomic mass is 10.1. The summed E-state index contributed by atoms with van der Waals surface area (Å²) in [5.41, 5.74) is 0.910. The number of hydrogen-bond acceptors (Lipinski definition) is 4. The summed E-state index contributed by atoms with van der Waals surface area (Å²) in [4.78, 5) is 13.8. The highest BCUT2D eigenvalue weighted by molar-refractivity contribution is 7.86. The Morgan fingerprint density at radius 2 is 1.86 bits per heavy atom. The van der Waals surface area contributed by atoms with Crippen LogP contribution in [0.15, 0.2) is 24.3 Å². The maximum absolute atomic E-state index is 12.0. The molecule has 0 atom stereocenters. The molecule has 1 aromatic rings. The molecule has 0 heterocycles. The summed E-state index contributed by atoms with van der Waals surface area (Å²) in [7, 11) is -3.52. The van der Waals surface area contributed by atoms with E-state index in [4.69, 9.17) is 4.18 Å². The molecule has 1 aromatic carbocycles. The minimum Gasteiger partial charge on any atom is -0.383 e. The molecule has 0 aromatic heterocycles. The number of amides is 2. The lowest BCUT2D eigenvalue weighted by Gasteiger charge is -2.24. The molecular formula is C15H24N2O4S. The first kappa shape index (κ1) is 18.3. The van der Waals surface area contributed by atoms with Gasteiger partial charge in [0.1, 0.15) is 5.75 Å². The maximum Gasteiger partial charge on any atom is 0.317 e. The summed E-state index contributed by atoms with van der Waals surface area (Å²) >= 11 is 0. The van der Waals surface area contributed by atoms with E-state index in [1.807, 2.05) is 6.92 Å². The minimum atomic E-state index is -3.52. The highest BCUT2D eigenvalue weighted by atomic mass is 32.2. The third-order valence-electron chi connectivity index (χ3n) is 2.75. The second-order valence-corrected chi connectivity index (χ2v) is 7.12. The van der Waals surface area contributed by atoms with E-state index in [1.54, 1.807) is 29.2 Å². The molecule has 1 N–H and O–H groups in total. The lowest BCUT2D eigenvalue weighted by Crippen LogP contribution is -2.41. The Bertz CT molecular complexity index is 582. The van der Waals surface area contributed by atoms with Gasteiger partial charge < -0.3 is 14.4 Å². The van der Waals surface area contributed by atoms with Crippen LogP contribution in [0.3, 0.4) is 0 Å². The number of rotatable bonds is 7. The van der Waals surface area contributed by atoms with E-state index in [-0.39, 0.29) is 11.8 Å². The first-order valence-corrected chi connectivity index (χ1v) is 9.04. The number of carbonyl (C=O) groups is 1. The lowest BCUT2D eigenvalue weighted by molar-refractivity contribution is 0.188. The Morgan fingerprint density at radius 1 is 1.27 bits per heavy atom. The fourth-order valence-corrected chi connectivity index (χ4v) is 2.43. The van der Waals surface area contributed by atoms with Crippen LogP contribution in [-0.2, 0) is 16.7 Å². The molecule has 7 heteroatoms. The molecule has 0 saturated carbocycles. The van der Waals surface area contributed by atoms with Crippen molar-refractivity contribution in [3.05, 3.63) is 29.8 Å². The van der Waals surface area contributed by atoms with Crippen molar-refractivity contribution in [2.75, 3.05) is 19.3 Å². The van der Waals surface area contributed by atoms with Gasteiger partial charge in [0, 0.05) is 19.6 Å². The third-order valence-corrected chi connectivity index (χ3v) is 3.24. The van der Waals surface area contributed by atoms with Gasteiger partial charge in [-0.05, 0) is 30.5 Å². The molecule has 0 aliphatic rings. The van der Waals surface area contributed by atoms with Gasteiger partial charge in [0.2, 0.25) is 0 Å². The molecule has 124 valence electrons. The van der Waals surface area contributed by atoms with Gasteiger partial charge in [0.25, 0.3) is 0 Å². The molecule has 0 aliphatic carbocycles. The van der Waals surface area contributed by atoms with Crippen LogP contribution >= 0.6 is 0 Å². The van der Waals surface area contributed by atoms with Crippen LogP contribution in [0.4, 0.5) is 4.79 Å². The Morgan fingerprint density at radius 3 is 2.32 bits per heavy atom. The summed E-state index contributed by atoms with van der Waals surface area (Å²) < 4.78 is 26.9. The number of nitrogens with one attached hydrogen (secondary N) is 1. The van der Waals surface area contributed by atoms with Crippen molar-refractivity contribution in [1.82, 2.24) is 10.2 Å². The zero-order valence-corrected chi connectivity index (χ0v) is 14.3. The van der Waals surface area contributed by atoms with Gasteiger partial charge in [-0.2, -0.15) is 8.42 Å². The van der Waals surface area contributed by atoms with E-state index in [0.29, 0.717) is 25.6 Å². The molecule has 0 fully saturated rings. The number of nitrogens with zero attached hydrogens (tertiary/aromatic N) is 1. The summed E-state index contributed by atoms with van der Waals surface area (Å²) in [5, 5.41) is 2.80. The van der Waals surface area contributed by atoms with Crippen LogP contribution < -0.4 is 9.50 Å². The molecule has 0 bridgehead atoms. The number of carbonyl (C=O) groups excluding carboxylic acids is 1. The summed E-state index contributed by atoms with van der Waals surface area (Å²) in [6, 6.07) is 6.58. The second-order valence-electron chi connectivity index (χ2n) is 5.54. The Labute approximate surface area is 132 Å². The van der Waals surface area contributed by atoms with Crippen LogP contribution in [0, 0.1) is 5.92 Å². The largest absolute Gasteiger partial charge is 0.383 e. The standard InChI is InChI=1S/C15H24N2O4S/c1-5-16-15(18)17(10-12(2)3)11-13-6-8-14(9-7-13)21-22(4,19)20/h6-9,12H,5,10-11H2,1-4H3,(H,16,18). The molecular weight excluding hydrogens is 304 g/mol. The normalized spacial score (nSPS) is 11.3. The van der Waals surface area contributed by atoms with Gasteiger partial charge in [0.05, 0.1) is 6.26 Å². The Hall–Kier alpha value is -1.76. The average molecular weight is 328 g/mol. The minimum absolute atomic E-state index is 0.104. The van der Waals surface area contributed by atoms with Crippen molar-refractivity contribution in [1.29, 1.82) is 0 Å². The average Bonchev–Trinajstić information content (AvgIpc) is 2.38. The summed E-state index contributed by atoms with van der Waals surface area (Å²) in [6.45, 7) is 7.67. The Balaban J connectivity index is 2.78. The molecule has 6 nitrogen and oxygen atoms in total. The molecule has 1 rings (SSSR count). The van der Waals surface area contributed by atoms with E-state index in [0.717, 1.165) is 11.8 Å². The van der Waals surface area contributed by atoms with E-state index in [2.05, 4.69) is 19.2 Å². The molecule has 0 unspecified atom stereocenters. The van der Waals surface area contributed by atoms with Crippen molar-refractivity contribution >= 4 is 16.1 Å². The van der Waals surface area contributed by atoms with E-state index in [9.17, 15) is 13.2 Å². The number of urea groups is 1. The van der Waals surface area contributed by atoms with E-state index >= 15 is 0 Å². The number of benzene rings is 1. The van der Waals surface area contributed by atoms with E-state index in [1.165, 1.54) is 0 Å². The quantitative estimate of drug-likeness (QED) is 0.779. The van der Waals surface area contributed by atoms with Gasteiger partial charge in [0.15, 0.2) is 0 Å². The van der Waals surface area contributed by atoms with Crippen LogP contribution in [0.1, 0.15) is 26.3 Å². The second kappa shape index (κ2) is 8.03.